The van der Waals surface area contributed by atoms with Crippen LogP contribution in [0, 0.1) is 23.2 Å². The van der Waals surface area contributed by atoms with Crippen LogP contribution in [0.4, 0.5) is 0 Å². The maximum Gasteiger partial charge on any atom is 0.0811 e. The standard InChI is InChI=1S/C27H44O3/c1-18(8-6-14-26(3,4)30)23-12-13-24-20(9-7-15-27(23,24)5)10-11-21-16-22(28)17-25(29)19(21)2/h10-11,18,22-25,28-30H,2,6-9,12-17H2,1,3-5H3/b20-10+,21-11+/t18-,22-,23-,24+,25+,27-/m1/s1/i3+1,4+1,26+1. The Labute approximate surface area is 184 Å². The van der Waals surface area contributed by atoms with Gasteiger partial charge in [-0.05, 0) is 93.1 Å². The molecule has 170 valence electrons. The molecule has 3 fully saturated rings. The minimum Gasteiger partial charge on any atom is -0.393 e. The van der Waals surface area contributed by atoms with E-state index in [1.54, 1.807) is 5.57 Å². The average Bonchev–Trinajstić information content (AvgIpc) is 3.00. The molecule has 6 atom stereocenters. The van der Waals surface area contributed by atoms with Crippen molar-refractivity contribution >= 4 is 0 Å². The van der Waals surface area contributed by atoms with Gasteiger partial charge in [0.05, 0.1) is 17.8 Å². The van der Waals surface area contributed by atoms with Crippen LogP contribution in [0.3, 0.4) is 0 Å². The highest BCUT2D eigenvalue weighted by Gasteiger charge is 2.50. The first-order chi connectivity index (χ1) is 14.0. The molecule has 0 bridgehead atoms. The summed E-state index contributed by atoms with van der Waals surface area (Å²) in [5.41, 5.74) is 3.17. The van der Waals surface area contributed by atoms with Crippen molar-refractivity contribution in [1.29, 1.82) is 0 Å². The van der Waals surface area contributed by atoms with Crippen molar-refractivity contribution < 1.29 is 15.3 Å². The highest BCUT2D eigenvalue weighted by atomic mass is 16.4. The van der Waals surface area contributed by atoms with E-state index in [4.69, 9.17) is 0 Å². The van der Waals surface area contributed by atoms with Gasteiger partial charge in [-0.3, -0.25) is 0 Å². The lowest BCUT2D eigenvalue weighted by molar-refractivity contribution is 0.0596. The maximum atomic E-state index is 10.1. The van der Waals surface area contributed by atoms with Gasteiger partial charge in [-0.1, -0.05) is 51.0 Å². The molecule has 3 rings (SSSR count). The number of aliphatic hydroxyl groups excluding tert-OH is 2. The van der Waals surface area contributed by atoms with Crippen molar-refractivity contribution in [3.8, 4) is 0 Å². The van der Waals surface area contributed by atoms with Crippen LogP contribution in [0.1, 0.15) is 91.9 Å². The van der Waals surface area contributed by atoms with E-state index in [-0.39, 0.29) is 0 Å². The molecule has 30 heavy (non-hydrogen) atoms. The van der Waals surface area contributed by atoms with Crippen LogP contribution in [-0.2, 0) is 0 Å². The summed E-state index contributed by atoms with van der Waals surface area (Å²) in [5.74, 6) is 2.11. The highest BCUT2D eigenvalue weighted by molar-refractivity contribution is 5.38. The second kappa shape index (κ2) is 9.30. The second-order valence-electron chi connectivity index (χ2n) is 11.3. The molecule has 0 amide bonds. The topological polar surface area (TPSA) is 60.7 Å². The summed E-state index contributed by atoms with van der Waals surface area (Å²) in [4.78, 5) is 0. The highest BCUT2D eigenvalue weighted by Crippen LogP contribution is 2.60. The number of hydrogen-bond donors (Lipinski definition) is 3. The molecule has 0 aromatic heterocycles. The van der Waals surface area contributed by atoms with E-state index in [1.165, 1.54) is 38.5 Å². The van der Waals surface area contributed by atoms with Crippen molar-refractivity contribution in [3.63, 3.8) is 0 Å². The van der Waals surface area contributed by atoms with E-state index < -0.39 is 17.8 Å². The van der Waals surface area contributed by atoms with E-state index in [2.05, 4.69) is 32.6 Å². The smallest absolute Gasteiger partial charge is 0.0811 e. The fraction of sp³-hybridized carbons (Fsp3) is 0.778. The Morgan fingerprint density at radius 1 is 1.23 bits per heavy atom. The quantitative estimate of drug-likeness (QED) is 0.484. The summed E-state index contributed by atoms with van der Waals surface area (Å²) >= 11 is 0. The van der Waals surface area contributed by atoms with Gasteiger partial charge in [0.2, 0.25) is 0 Å². The fourth-order valence-electron chi connectivity index (χ4n) is 6.74. The molecule has 0 aromatic rings. The van der Waals surface area contributed by atoms with Crippen LogP contribution in [0.25, 0.3) is 0 Å². The zero-order chi connectivity index (χ0) is 22.1. The molecule has 0 radical (unpaired) electrons. The maximum absolute atomic E-state index is 10.1. The van der Waals surface area contributed by atoms with Gasteiger partial charge in [0.25, 0.3) is 0 Å². The molecule has 3 N–H and O–H groups in total. The fourth-order valence-corrected chi connectivity index (χ4v) is 6.74. The Bertz CT molecular complexity index is 683. The predicted octanol–water partition coefficient (Wildman–Crippen LogP) is 5.70. The van der Waals surface area contributed by atoms with Crippen molar-refractivity contribution in [2.24, 2.45) is 23.2 Å². The van der Waals surface area contributed by atoms with E-state index in [1.807, 2.05) is 13.8 Å². The van der Waals surface area contributed by atoms with Crippen LogP contribution < -0.4 is 0 Å². The van der Waals surface area contributed by atoms with Crippen LogP contribution in [-0.4, -0.2) is 33.1 Å². The lowest BCUT2D eigenvalue weighted by Gasteiger charge is -2.44. The molecule has 0 saturated heterocycles. The summed E-state index contributed by atoms with van der Waals surface area (Å²) in [5, 5.41) is 30.2. The molecule has 0 spiro atoms. The third kappa shape index (κ3) is 5.29. The molecule has 3 heteroatoms. The zero-order valence-corrected chi connectivity index (χ0v) is 19.7. The number of fused-ring (bicyclic) bond motifs is 1. The van der Waals surface area contributed by atoms with Gasteiger partial charge in [0.15, 0.2) is 0 Å². The van der Waals surface area contributed by atoms with Gasteiger partial charge < -0.3 is 15.3 Å². The molecular formula is C27H44O3. The van der Waals surface area contributed by atoms with Crippen LogP contribution in [0.5, 0.6) is 0 Å². The molecule has 0 aliphatic heterocycles. The van der Waals surface area contributed by atoms with Crippen molar-refractivity contribution in [3.05, 3.63) is 35.5 Å². The number of allylic oxidation sites excluding steroid dienone is 3. The van der Waals surface area contributed by atoms with Crippen molar-refractivity contribution in [1.82, 2.24) is 0 Å². The number of rotatable bonds is 6. The van der Waals surface area contributed by atoms with E-state index in [9.17, 15) is 15.3 Å². The molecule has 3 aliphatic rings. The lowest BCUT2D eigenvalue weighted by Crippen LogP contribution is -2.36. The first-order valence-electron chi connectivity index (χ1n) is 12.2. The Morgan fingerprint density at radius 2 is 1.97 bits per heavy atom. The molecule has 0 heterocycles. The third-order valence-electron chi connectivity index (χ3n) is 8.44. The summed E-state index contributed by atoms with van der Waals surface area (Å²) in [6.45, 7) is 12.8. The molecular weight excluding hydrogens is 375 g/mol. The van der Waals surface area contributed by atoms with Gasteiger partial charge >= 0.3 is 0 Å². The van der Waals surface area contributed by atoms with E-state index >= 15 is 0 Å². The molecule has 3 nitrogen and oxygen atoms in total. The summed E-state index contributed by atoms with van der Waals surface area (Å²) in [7, 11) is 0. The molecule has 0 unspecified atom stereocenters. The number of hydrogen-bond acceptors (Lipinski definition) is 3. The number of aliphatic hydroxyl groups is 3. The van der Waals surface area contributed by atoms with Gasteiger partial charge in [0, 0.05) is 6.42 Å². The monoisotopic (exact) mass is 419 g/mol. The van der Waals surface area contributed by atoms with Gasteiger partial charge in [-0.25, -0.2) is 0 Å². The lowest BCUT2D eigenvalue weighted by atomic mass is 9.60. The Balaban J connectivity index is 1.70. The van der Waals surface area contributed by atoms with Gasteiger partial charge in [-0.15, -0.1) is 0 Å². The Morgan fingerprint density at radius 3 is 2.67 bits per heavy atom. The minimum absolute atomic E-state index is 0.374. The summed E-state index contributed by atoms with van der Waals surface area (Å²) in [6.07, 6.45) is 13.9. The second-order valence-corrected chi connectivity index (χ2v) is 11.3. The average molecular weight is 420 g/mol. The van der Waals surface area contributed by atoms with Crippen LogP contribution in [0.2, 0.25) is 0 Å². The van der Waals surface area contributed by atoms with Crippen LogP contribution >= 0.6 is 0 Å². The summed E-state index contributed by atoms with van der Waals surface area (Å²) in [6, 6.07) is 0. The third-order valence-corrected chi connectivity index (χ3v) is 8.44. The van der Waals surface area contributed by atoms with Gasteiger partial charge in [-0.2, -0.15) is 0 Å². The minimum atomic E-state index is -0.615. The van der Waals surface area contributed by atoms with E-state index in [0.29, 0.717) is 30.1 Å². The molecule has 3 aliphatic carbocycles. The molecule has 3 saturated carbocycles. The normalized spacial score (nSPS) is 38.8. The summed E-state index contributed by atoms with van der Waals surface area (Å²) < 4.78 is 0. The predicted molar refractivity (Wildman–Crippen MR) is 124 cm³/mol. The molecule has 0 aromatic carbocycles. The van der Waals surface area contributed by atoms with Crippen molar-refractivity contribution in [2.75, 3.05) is 0 Å². The SMILES string of the molecule is C=C1/C(=C/C=C2\CCC[C@]3(C)[C@@H]([C@H](C)CCC[13C]([13CH3])([13CH3])O)CC[C@@H]23)C[C@@H](O)C[C@@H]1O. The first kappa shape index (κ1) is 23.8. The first-order valence-corrected chi connectivity index (χ1v) is 12.2. The Kier molecular flexibility index (Phi) is 7.37. The van der Waals surface area contributed by atoms with Crippen LogP contribution in [0.15, 0.2) is 35.5 Å². The zero-order valence-electron chi connectivity index (χ0n) is 19.7. The largest absolute Gasteiger partial charge is 0.393 e. The van der Waals surface area contributed by atoms with Gasteiger partial charge in [0.1, 0.15) is 0 Å². The van der Waals surface area contributed by atoms with E-state index in [0.717, 1.165) is 29.9 Å². The Hall–Kier alpha value is -0.900. The van der Waals surface area contributed by atoms with Crippen molar-refractivity contribution in [2.45, 2.75) is 110 Å².